The van der Waals surface area contributed by atoms with Crippen LogP contribution < -0.4 is 9.04 Å². The number of likely N-dealkylation sites (tertiary alicyclic amines) is 1. The largest absolute Gasteiger partial charge is 0.495 e. The topological polar surface area (TPSA) is 66.9 Å². The molecule has 2 aromatic carbocycles. The van der Waals surface area contributed by atoms with Gasteiger partial charge in [0.15, 0.2) is 0 Å². The summed E-state index contributed by atoms with van der Waals surface area (Å²) in [5.74, 6) is 0.627. The van der Waals surface area contributed by atoms with Crippen molar-refractivity contribution in [3.8, 4) is 5.75 Å². The van der Waals surface area contributed by atoms with Gasteiger partial charge >= 0.3 is 0 Å². The highest BCUT2D eigenvalue weighted by Gasteiger charge is 2.31. The number of carbonyl (C=O) groups excluding carboxylic acids is 1. The Bertz CT molecular complexity index is 915. The molecule has 1 aliphatic rings. The molecule has 1 fully saturated rings. The van der Waals surface area contributed by atoms with Crippen molar-refractivity contribution in [1.82, 2.24) is 4.90 Å². The van der Waals surface area contributed by atoms with Crippen molar-refractivity contribution in [1.29, 1.82) is 0 Å². The average molecular weight is 403 g/mol. The first-order chi connectivity index (χ1) is 13.4. The third-order valence-electron chi connectivity index (χ3n) is 4.97. The van der Waals surface area contributed by atoms with Gasteiger partial charge in [-0.2, -0.15) is 0 Å². The molecular formula is C21H26N2O4S. The molecule has 1 saturated heterocycles. The summed E-state index contributed by atoms with van der Waals surface area (Å²) in [5.41, 5.74) is 0.354. The molecule has 0 bridgehead atoms. The van der Waals surface area contributed by atoms with Gasteiger partial charge in [0.25, 0.3) is 10.0 Å². The van der Waals surface area contributed by atoms with Crippen molar-refractivity contribution in [2.45, 2.75) is 24.7 Å². The number of para-hydroxylation sites is 2. The Morgan fingerprint density at radius 1 is 1.14 bits per heavy atom. The monoisotopic (exact) mass is 402 g/mol. The predicted molar refractivity (Wildman–Crippen MR) is 109 cm³/mol. The van der Waals surface area contributed by atoms with E-state index in [1.54, 1.807) is 47.4 Å². The molecule has 2 aromatic rings. The third-order valence-corrected chi connectivity index (χ3v) is 6.75. The molecule has 1 atom stereocenters. The number of hydrogen-bond donors (Lipinski definition) is 0. The molecule has 0 aromatic heterocycles. The minimum absolute atomic E-state index is 0.140. The summed E-state index contributed by atoms with van der Waals surface area (Å²) in [5, 5.41) is 0. The van der Waals surface area contributed by atoms with E-state index < -0.39 is 10.0 Å². The fourth-order valence-electron chi connectivity index (χ4n) is 3.49. The maximum atomic E-state index is 13.4. The van der Waals surface area contributed by atoms with Crippen molar-refractivity contribution in [3.63, 3.8) is 0 Å². The summed E-state index contributed by atoms with van der Waals surface area (Å²) in [4.78, 5) is 14.9. The molecule has 0 radical (unpaired) electrons. The van der Waals surface area contributed by atoms with Crippen LogP contribution in [0.3, 0.4) is 0 Å². The molecule has 1 amide bonds. The highest BCUT2D eigenvalue weighted by molar-refractivity contribution is 7.92. The lowest BCUT2D eigenvalue weighted by atomic mass is 10.0. The fraction of sp³-hybridized carbons (Fsp3) is 0.381. The van der Waals surface area contributed by atoms with Crippen molar-refractivity contribution >= 4 is 21.6 Å². The number of ether oxygens (including phenoxy) is 1. The van der Waals surface area contributed by atoms with Crippen molar-refractivity contribution in [2.24, 2.45) is 5.92 Å². The Kier molecular flexibility index (Phi) is 6.24. The van der Waals surface area contributed by atoms with Crippen LogP contribution in [0.25, 0.3) is 0 Å². The minimum atomic E-state index is -3.93. The van der Waals surface area contributed by atoms with E-state index in [-0.39, 0.29) is 17.3 Å². The van der Waals surface area contributed by atoms with Crippen LogP contribution in [0.4, 0.5) is 5.69 Å². The van der Waals surface area contributed by atoms with Crippen LogP contribution in [0, 0.1) is 5.92 Å². The second-order valence-electron chi connectivity index (χ2n) is 7.08. The smallest absolute Gasteiger partial charge is 0.264 e. The second-order valence-corrected chi connectivity index (χ2v) is 8.95. The van der Waals surface area contributed by atoms with Gasteiger partial charge in [0.2, 0.25) is 5.91 Å². The molecule has 0 N–H and O–H groups in total. The molecule has 150 valence electrons. The molecule has 1 aliphatic heterocycles. The summed E-state index contributed by atoms with van der Waals surface area (Å²) in [7, 11) is -2.44. The molecule has 0 unspecified atom stereocenters. The highest BCUT2D eigenvalue weighted by Crippen LogP contribution is 2.32. The zero-order chi connectivity index (χ0) is 20.1. The Labute approximate surface area is 166 Å². The number of anilines is 1. The van der Waals surface area contributed by atoms with Gasteiger partial charge in [0.1, 0.15) is 12.3 Å². The van der Waals surface area contributed by atoms with Gasteiger partial charge < -0.3 is 9.64 Å². The summed E-state index contributed by atoms with van der Waals surface area (Å²) < 4.78 is 33.3. The summed E-state index contributed by atoms with van der Waals surface area (Å²) in [6.07, 6.45) is 2.02. The number of benzene rings is 2. The minimum Gasteiger partial charge on any atom is -0.495 e. The van der Waals surface area contributed by atoms with Crippen LogP contribution >= 0.6 is 0 Å². The molecule has 6 nitrogen and oxygen atoms in total. The van der Waals surface area contributed by atoms with Crippen LogP contribution in [0.1, 0.15) is 19.8 Å². The van der Waals surface area contributed by atoms with E-state index in [9.17, 15) is 13.2 Å². The Hall–Kier alpha value is -2.54. The van der Waals surface area contributed by atoms with Gasteiger partial charge in [-0.05, 0) is 43.0 Å². The number of sulfonamides is 1. The van der Waals surface area contributed by atoms with Crippen LogP contribution in [0.15, 0.2) is 59.5 Å². The Morgan fingerprint density at radius 2 is 1.82 bits per heavy atom. The molecule has 3 rings (SSSR count). The van der Waals surface area contributed by atoms with Gasteiger partial charge in [-0.15, -0.1) is 0 Å². The van der Waals surface area contributed by atoms with Crippen molar-refractivity contribution in [3.05, 3.63) is 54.6 Å². The SMILES string of the molecule is COc1ccccc1N(CC(=O)N1CCC[C@H](C)C1)S(=O)(=O)c1ccccc1. The molecule has 0 saturated carbocycles. The maximum absolute atomic E-state index is 13.4. The third kappa shape index (κ3) is 4.30. The van der Waals surface area contributed by atoms with Crippen LogP contribution in [-0.2, 0) is 14.8 Å². The number of piperidine rings is 1. The Balaban J connectivity index is 1.99. The summed E-state index contributed by atoms with van der Waals surface area (Å²) in [6.45, 7) is 3.17. The fourth-order valence-corrected chi connectivity index (χ4v) is 4.94. The number of carbonyl (C=O) groups is 1. The standard InChI is InChI=1S/C21H26N2O4S/c1-17-9-8-14-22(15-17)21(24)16-23(19-12-6-7-13-20(19)27-2)28(25,26)18-10-4-3-5-11-18/h3-7,10-13,17H,8-9,14-16H2,1-2H3/t17-/m0/s1. The quantitative estimate of drug-likeness (QED) is 0.744. The lowest BCUT2D eigenvalue weighted by Gasteiger charge is -2.33. The number of hydrogen-bond acceptors (Lipinski definition) is 4. The van der Waals surface area contributed by atoms with Crippen LogP contribution in [0.5, 0.6) is 5.75 Å². The van der Waals surface area contributed by atoms with E-state index in [1.165, 1.54) is 19.2 Å². The first-order valence-electron chi connectivity index (χ1n) is 9.42. The van der Waals surface area contributed by atoms with Crippen LogP contribution in [-0.4, -0.2) is 46.0 Å². The Morgan fingerprint density at radius 3 is 2.50 bits per heavy atom. The lowest BCUT2D eigenvalue weighted by Crippen LogP contribution is -2.46. The van der Waals surface area contributed by atoms with E-state index in [0.717, 1.165) is 17.1 Å². The number of amides is 1. The zero-order valence-corrected chi connectivity index (χ0v) is 17.1. The van der Waals surface area contributed by atoms with E-state index >= 15 is 0 Å². The van der Waals surface area contributed by atoms with E-state index in [4.69, 9.17) is 4.74 Å². The van der Waals surface area contributed by atoms with E-state index in [1.807, 2.05) is 0 Å². The summed E-state index contributed by atoms with van der Waals surface area (Å²) in [6, 6.07) is 15.0. The van der Waals surface area contributed by atoms with Gasteiger partial charge in [-0.1, -0.05) is 37.3 Å². The first-order valence-corrected chi connectivity index (χ1v) is 10.9. The van der Waals surface area contributed by atoms with E-state index in [0.29, 0.717) is 30.4 Å². The van der Waals surface area contributed by atoms with E-state index in [2.05, 4.69) is 6.92 Å². The van der Waals surface area contributed by atoms with Crippen LogP contribution in [0.2, 0.25) is 0 Å². The van der Waals surface area contributed by atoms with Crippen molar-refractivity contribution in [2.75, 3.05) is 31.0 Å². The zero-order valence-electron chi connectivity index (χ0n) is 16.2. The summed E-state index contributed by atoms with van der Waals surface area (Å²) >= 11 is 0. The van der Waals surface area contributed by atoms with Gasteiger partial charge in [-0.25, -0.2) is 8.42 Å². The maximum Gasteiger partial charge on any atom is 0.264 e. The van der Waals surface area contributed by atoms with Gasteiger partial charge in [-0.3, -0.25) is 9.10 Å². The molecule has 28 heavy (non-hydrogen) atoms. The number of methoxy groups -OCH3 is 1. The molecule has 0 spiro atoms. The van der Waals surface area contributed by atoms with Gasteiger partial charge in [0, 0.05) is 13.1 Å². The van der Waals surface area contributed by atoms with Gasteiger partial charge in [0.05, 0.1) is 17.7 Å². The lowest BCUT2D eigenvalue weighted by molar-refractivity contribution is -0.131. The number of nitrogens with zero attached hydrogens (tertiary/aromatic N) is 2. The molecular weight excluding hydrogens is 376 g/mol. The average Bonchev–Trinajstić information content (AvgIpc) is 2.72. The molecule has 0 aliphatic carbocycles. The van der Waals surface area contributed by atoms with Crippen molar-refractivity contribution < 1.29 is 17.9 Å². The normalized spacial score (nSPS) is 17.2. The molecule has 7 heteroatoms. The second kappa shape index (κ2) is 8.65. The number of rotatable bonds is 6. The highest BCUT2D eigenvalue weighted by atomic mass is 32.2. The predicted octanol–water partition coefficient (Wildman–Crippen LogP) is 3.15. The first kappa shape index (κ1) is 20.2. The molecule has 1 heterocycles.